The summed E-state index contributed by atoms with van der Waals surface area (Å²) in [5, 5.41) is 9.04. The van der Waals surface area contributed by atoms with Gasteiger partial charge < -0.3 is 4.57 Å². The van der Waals surface area contributed by atoms with Crippen LogP contribution in [0.5, 0.6) is 0 Å². The number of halogens is 1. The summed E-state index contributed by atoms with van der Waals surface area (Å²) in [6.07, 6.45) is 1.03. The zero-order valence-corrected chi connectivity index (χ0v) is 13.3. The monoisotopic (exact) mass is 339 g/mol. The van der Waals surface area contributed by atoms with E-state index in [-0.39, 0.29) is 0 Å². The summed E-state index contributed by atoms with van der Waals surface area (Å²) >= 11 is 3.51. The van der Waals surface area contributed by atoms with Gasteiger partial charge in [0, 0.05) is 16.6 Å². The minimum Gasteiger partial charge on any atom is -0.324 e. The Labute approximate surface area is 132 Å². The van der Waals surface area contributed by atoms with E-state index < -0.39 is 0 Å². The van der Waals surface area contributed by atoms with Gasteiger partial charge in [0.2, 0.25) is 0 Å². The topological polar surface area (TPSA) is 41.6 Å². The largest absolute Gasteiger partial charge is 0.324 e. The highest BCUT2D eigenvalue weighted by Crippen LogP contribution is 2.27. The van der Waals surface area contributed by atoms with Gasteiger partial charge in [-0.15, -0.1) is 0 Å². The molecule has 4 heteroatoms. The number of fused-ring (bicyclic) bond motifs is 1. The van der Waals surface area contributed by atoms with Crippen molar-refractivity contribution in [1.29, 1.82) is 5.26 Å². The third kappa shape index (κ3) is 2.57. The van der Waals surface area contributed by atoms with Crippen LogP contribution in [0.3, 0.4) is 0 Å². The Hall–Kier alpha value is -2.12. The third-order valence-corrected chi connectivity index (χ3v) is 3.90. The summed E-state index contributed by atoms with van der Waals surface area (Å²) in [5.41, 5.74) is 3.67. The Morgan fingerprint density at radius 3 is 2.81 bits per heavy atom. The Balaban J connectivity index is 2.26. The van der Waals surface area contributed by atoms with Gasteiger partial charge in [0.25, 0.3) is 0 Å². The molecule has 0 saturated carbocycles. The molecule has 0 unspecified atom stereocenters. The molecular formula is C17H14BrN3. The lowest BCUT2D eigenvalue weighted by atomic mass is 10.2. The lowest BCUT2D eigenvalue weighted by Gasteiger charge is -2.08. The van der Waals surface area contributed by atoms with Crippen molar-refractivity contribution in [2.45, 2.75) is 19.9 Å². The first kappa shape index (κ1) is 13.8. The van der Waals surface area contributed by atoms with Crippen molar-refractivity contribution in [3.8, 4) is 17.5 Å². The fourth-order valence-electron chi connectivity index (χ4n) is 2.50. The van der Waals surface area contributed by atoms with Crippen molar-refractivity contribution in [3.05, 3.63) is 52.5 Å². The second-order valence-electron chi connectivity index (χ2n) is 4.91. The zero-order valence-electron chi connectivity index (χ0n) is 11.7. The summed E-state index contributed by atoms with van der Waals surface area (Å²) in [6, 6.07) is 16.0. The smallest absolute Gasteiger partial charge is 0.141 e. The van der Waals surface area contributed by atoms with Crippen molar-refractivity contribution in [2.75, 3.05) is 0 Å². The lowest BCUT2D eigenvalue weighted by molar-refractivity contribution is 0.704. The quantitative estimate of drug-likeness (QED) is 0.691. The molecule has 3 aromatic rings. The maximum absolute atomic E-state index is 9.04. The molecule has 1 aromatic heterocycles. The van der Waals surface area contributed by atoms with E-state index in [0.29, 0.717) is 5.56 Å². The number of aromatic nitrogens is 2. The van der Waals surface area contributed by atoms with E-state index in [1.54, 1.807) is 0 Å². The normalized spacial score (nSPS) is 10.7. The van der Waals surface area contributed by atoms with Gasteiger partial charge in [-0.1, -0.05) is 35.0 Å². The van der Waals surface area contributed by atoms with Crippen LogP contribution in [0.2, 0.25) is 0 Å². The molecule has 21 heavy (non-hydrogen) atoms. The number of benzene rings is 2. The van der Waals surface area contributed by atoms with Crippen molar-refractivity contribution in [2.24, 2.45) is 0 Å². The van der Waals surface area contributed by atoms with E-state index in [2.05, 4.69) is 45.6 Å². The van der Waals surface area contributed by atoms with Crippen LogP contribution in [0.25, 0.3) is 22.4 Å². The maximum Gasteiger partial charge on any atom is 0.141 e. The van der Waals surface area contributed by atoms with Crippen LogP contribution < -0.4 is 0 Å². The fourth-order valence-corrected chi connectivity index (χ4v) is 2.90. The lowest BCUT2D eigenvalue weighted by Crippen LogP contribution is -1.99. The van der Waals surface area contributed by atoms with Crippen LogP contribution >= 0.6 is 15.9 Å². The minimum absolute atomic E-state index is 0.643. The third-order valence-electron chi connectivity index (χ3n) is 3.41. The molecule has 0 aliphatic carbocycles. The number of imidazole rings is 1. The highest BCUT2D eigenvalue weighted by molar-refractivity contribution is 9.10. The van der Waals surface area contributed by atoms with Gasteiger partial charge in [-0.05, 0) is 36.8 Å². The molecule has 0 radical (unpaired) electrons. The number of hydrogen-bond donors (Lipinski definition) is 0. The van der Waals surface area contributed by atoms with Crippen molar-refractivity contribution < 1.29 is 0 Å². The van der Waals surface area contributed by atoms with Gasteiger partial charge in [-0.25, -0.2) is 4.98 Å². The summed E-state index contributed by atoms with van der Waals surface area (Å²) < 4.78 is 3.26. The predicted molar refractivity (Wildman–Crippen MR) is 87.9 cm³/mol. The average molecular weight is 340 g/mol. The van der Waals surface area contributed by atoms with Crippen LogP contribution in [0, 0.1) is 11.3 Å². The van der Waals surface area contributed by atoms with Gasteiger partial charge in [-0.3, -0.25) is 0 Å². The summed E-state index contributed by atoms with van der Waals surface area (Å²) in [7, 11) is 0. The molecule has 0 aliphatic rings. The molecule has 0 fully saturated rings. The van der Waals surface area contributed by atoms with Crippen molar-refractivity contribution in [3.63, 3.8) is 0 Å². The Kier molecular flexibility index (Phi) is 3.76. The van der Waals surface area contributed by atoms with E-state index >= 15 is 0 Å². The molecule has 0 N–H and O–H groups in total. The molecule has 0 spiro atoms. The molecule has 0 amide bonds. The zero-order chi connectivity index (χ0) is 14.8. The molecule has 0 saturated heterocycles. The van der Waals surface area contributed by atoms with Crippen molar-refractivity contribution >= 4 is 27.0 Å². The van der Waals surface area contributed by atoms with Crippen LogP contribution in [0.4, 0.5) is 0 Å². The van der Waals surface area contributed by atoms with Gasteiger partial charge >= 0.3 is 0 Å². The minimum atomic E-state index is 0.643. The molecule has 1 heterocycles. The maximum atomic E-state index is 9.04. The second kappa shape index (κ2) is 5.71. The SMILES string of the molecule is CCCn1c(-c2cccc(Br)c2)nc2cc(C#N)ccc21. The molecule has 0 aliphatic heterocycles. The van der Waals surface area contributed by atoms with Gasteiger partial charge in [-0.2, -0.15) is 5.26 Å². The van der Waals surface area contributed by atoms with Crippen molar-refractivity contribution in [1.82, 2.24) is 9.55 Å². The van der Waals surface area contributed by atoms with Gasteiger partial charge in [0.05, 0.1) is 22.7 Å². The summed E-state index contributed by atoms with van der Waals surface area (Å²) in [6.45, 7) is 3.06. The highest BCUT2D eigenvalue weighted by atomic mass is 79.9. The summed E-state index contributed by atoms with van der Waals surface area (Å²) in [4.78, 5) is 4.74. The molecule has 2 aromatic carbocycles. The molecule has 3 rings (SSSR count). The molecule has 3 nitrogen and oxygen atoms in total. The van der Waals surface area contributed by atoms with E-state index in [4.69, 9.17) is 10.2 Å². The van der Waals surface area contributed by atoms with E-state index in [9.17, 15) is 0 Å². The fraction of sp³-hybridized carbons (Fsp3) is 0.176. The van der Waals surface area contributed by atoms with Crippen LogP contribution in [-0.4, -0.2) is 9.55 Å². The molecule has 0 atom stereocenters. The Morgan fingerprint density at radius 1 is 1.24 bits per heavy atom. The van der Waals surface area contributed by atoms with Crippen LogP contribution in [-0.2, 0) is 6.54 Å². The van der Waals surface area contributed by atoms with E-state index in [1.165, 1.54) is 0 Å². The summed E-state index contributed by atoms with van der Waals surface area (Å²) in [5.74, 6) is 0.947. The van der Waals surface area contributed by atoms with Crippen LogP contribution in [0.15, 0.2) is 46.9 Å². The number of nitrogens with zero attached hydrogens (tertiary/aromatic N) is 3. The first-order valence-corrected chi connectivity index (χ1v) is 7.68. The number of aryl methyl sites for hydroxylation is 1. The molecular weight excluding hydrogens is 326 g/mol. The second-order valence-corrected chi connectivity index (χ2v) is 5.83. The number of hydrogen-bond acceptors (Lipinski definition) is 2. The first-order valence-electron chi connectivity index (χ1n) is 6.89. The highest BCUT2D eigenvalue weighted by Gasteiger charge is 2.12. The standard InChI is InChI=1S/C17H14BrN3/c1-2-8-21-16-7-6-12(11-19)9-15(16)20-17(21)13-4-3-5-14(18)10-13/h3-7,9-10H,2,8H2,1H3. The van der Waals surface area contributed by atoms with Gasteiger partial charge in [0.15, 0.2) is 0 Å². The molecule has 104 valence electrons. The average Bonchev–Trinajstić information content (AvgIpc) is 2.85. The Bertz CT molecular complexity index is 843. The Morgan fingerprint density at radius 2 is 2.10 bits per heavy atom. The first-order chi connectivity index (χ1) is 10.2. The van der Waals surface area contributed by atoms with E-state index in [1.807, 2.05) is 30.3 Å². The number of rotatable bonds is 3. The van der Waals surface area contributed by atoms with Crippen LogP contribution in [0.1, 0.15) is 18.9 Å². The van der Waals surface area contributed by atoms with Gasteiger partial charge in [0.1, 0.15) is 5.82 Å². The number of nitriles is 1. The predicted octanol–water partition coefficient (Wildman–Crippen LogP) is 4.75. The molecule has 0 bridgehead atoms. The van der Waals surface area contributed by atoms with E-state index in [0.717, 1.165) is 39.9 Å².